The van der Waals surface area contributed by atoms with Gasteiger partial charge in [0, 0.05) is 22.2 Å². The Bertz CT molecular complexity index is 1010. The molecular weight excluding hydrogens is 376 g/mol. The quantitative estimate of drug-likeness (QED) is 0.500. The average molecular weight is 394 g/mol. The molecule has 0 saturated carbocycles. The van der Waals surface area contributed by atoms with Gasteiger partial charge in [0.1, 0.15) is 5.01 Å². The van der Waals surface area contributed by atoms with Crippen LogP contribution < -0.4 is 5.32 Å². The highest BCUT2D eigenvalue weighted by Crippen LogP contribution is 2.23. The van der Waals surface area contributed by atoms with Crippen LogP contribution in [0, 0.1) is 0 Å². The molecule has 0 aliphatic heterocycles. The second-order valence-corrected chi connectivity index (χ2v) is 6.94. The highest BCUT2D eigenvalue weighted by Gasteiger charge is 2.21. The van der Waals surface area contributed by atoms with Gasteiger partial charge in [-0.2, -0.15) is 0 Å². The van der Waals surface area contributed by atoms with E-state index in [2.05, 4.69) is 10.3 Å². The SMILES string of the molecule is CC(=O)c1cccc(NC(=O)[C@H](C)OC(=O)c2csc(-c3ccccc3)n2)c1. The van der Waals surface area contributed by atoms with Crippen molar-refractivity contribution in [1.29, 1.82) is 0 Å². The van der Waals surface area contributed by atoms with E-state index in [0.717, 1.165) is 5.56 Å². The predicted molar refractivity (Wildman–Crippen MR) is 108 cm³/mol. The molecule has 0 unspecified atom stereocenters. The molecule has 0 aliphatic rings. The molecule has 0 aliphatic carbocycles. The number of Topliss-reactive ketones (excluding diaryl/α,β-unsaturated/α-hetero) is 1. The van der Waals surface area contributed by atoms with Gasteiger partial charge in [0.15, 0.2) is 17.6 Å². The summed E-state index contributed by atoms with van der Waals surface area (Å²) in [7, 11) is 0. The number of esters is 1. The number of ether oxygens (including phenoxy) is 1. The zero-order chi connectivity index (χ0) is 20.1. The molecule has 1 aromatic heterocycles. The smallest absolute Gasteiger partial charge is 0.358 e. The Morgan fingerprint density at radius 3 is 2.54 bits per heavy atom. The molecule has 0 fully saturated rings. The van der Waals surface area contributed by atoms with E-state index in [1.807, 2.05) is 30.3 Å². The Labute approximate surface area is 166 Å². The summed E-state index contributed by atoms with van der Waals surface area (Å²) >= 11 is 1.33. The van der Waals surface area contributed by atoms with Crippen molar-refractivity contribution in [1.82, 2.24) is 4.98 Å². The van der Waals surface area contributed by atoms with E-state index >= 15 is 0 Å². The van der Waals surface area contributed by atoms with Gasteiger partial charge < -0.3 is 10.1 Å². The number of benzene rings is 2. The van der Waals surface area contributed by atoms with Gasteiger partial charge in [0.05, 0.1) is 0 Å². The molecule has 2 aromatic carbocycles. The summed E-state index contributed by atoms with van der Waals surface area (Å²) in [5.74, 6) is -1.26. The predicted octanol–water partition coefficient (Wildman–Crippen LogP) is 4.20. The van der Waals surface area contributed by atoms with Crippen LogP contribution in [0.15, 0.2) is 60.0 Å². The monoisotopic (exact) mass is 394 g/mol. The molecule has 28 heavy (non-hydrogen) atoms. The van der Waals surface area contributed by atoms with Gasteiger partial charge in [0.2, 0.25) is 0 Å². The van der Waals surface area contributed by atoms with Crippen molar-refractivity contribution >= 4 is 34.7 Å². The van der Waals surface area contributed by atoms with E-state index in [1.54, 1.807) is 29.6 Å². The fourth-order valence-electron chi connectivity index (χ4n) is 2.42. The third-order valence-corrected chi connectivity index (χ3v) is 4.82. The molecule has 1 amide bonds. The van der Waals surface area contributed by atoms with Crippen molar-refractivity contribution in [3.05, 3.63) is 71.2 Å². The van der Waals surface area contributed by atoms with Crippen LogP contribution in [-0.2, 0) is 9.53 Å². The molecule has 7 heteroatoms. The summed E-state index contributed by atoms with van der Waals surface area (Å²) in [6, 6.07) is 16.0. The lowest BCUT2D eigenvalue weighted by Gasteiger charge is -2.13. The number of anilines is 1. The number of nitrogens with one attached hydrogen (secondary N) is 1. The lowest BCUT2D eigenvalue weighted by Crippen LogP contribution is -2.30. The van der Waals surface area contributed by atoms with Crippen molar-refractivity contribution in [2.75, 3.05) is 5.32 Å². The van der Waals surface area contributed by atoms with Crippen LogP contribution in [0.4, 0.5) is 5.69 Å². The van der Waals surface area contributed by atoms with Gasteiger partial charge in [-0.05, 0) is 26.0 Å². The molecule has 0 spiro atoms. The number of carbonyl (C=O) groups excluding carboxylic acids is 3. The zero-order valence-corrected chi connectivity index (χ0v) is 16.2. The summed E-state index contributed by atoms with van der Waals surface area (Å²) in [5, 5.41) is 4.94. The molecule has 142 valence electrons. The Morgan fingerprint density at radius 2 is 1.82 bits per heavy atom. The first-order valence-electron chi connectivity index (χ1n) is 8.58. The maximum Gasteiger partial charge on any atom is 0.358 e. The number of ketones is 1. The van der Waals surface area contributed by atoms with Crippen molar-refractivity contribution in [3.8, 4) is 10.6 Å². The van der Waals surface area contributed by atoms with Crippen molar-refractivity contribution in [2.24, 2.45) is 0 Å². The number of nitrogens with zero attached hydrogens (tertiary/aromatic N) is 1. The number of hydrogen-bond donors (Lipinski definition) is 1. The largest absolute Gasteiger partial charge is 0.448 e. The first-order chi connectivity index (χ1) is 13.4. The Hall–Kier alpha value is -3.32. The first-order valence-corrected chi connectivity index (χ1v) is 9.46. The fourth-order valence-corrected chi connectivity index (χ4v) is 3.21. The summed E-state index contributed by atoms with van der Waals surface area (Å²) in [6.45, 7) is 2.93. The average Bonchev–Trinajstić information content (AvgIpc) is 3.19. The molecule has 1 N–H and O–H groups in total. The minimum Gasteiger partial charge on any atom is -0.448 e. The van der Waals surface area contributed by atoms with Gasteiger partial charge in [-0.1, -0.05) is 42.5 Å². The molecule has 1 heterocycles. The second-order valence-electron chi connectivity index (χ2n) is 6.08. The van der Waals surface area contributed by atoms with Crippen LogP contribution in [0.2, 0.25) is 0 Å². The van der Waals surface area contributed by atoms with E-state index in [4.69, 9.17) is 4.74 Å². The van der Waals surface area contributed by atoms with Crippen LogP contribution in [0.3, 0.4) is 0 Å². The summed E-state index contributed by atoms with van der Waals surface area (Å²) < 4.78 is 5.22. The lowest BCUT2D eigenvalue weighted by atomic mass is 10.1. The Balaban J connectivity index is 1.62. The number of rotatable bonds is 6. The van der Waals surface area contributed by atoms with Gasteiger partial charge in [-0.25, -0.2) is 9.78 Å². The second kappa shape index (κ2) is 8.58. The molecular formula is C21H18N2O4S. The molecule has 3 aromatic rings. The van der Waals surface area contributed by atoms with E-state index in [9.17, 15) is 14.4 Å². The molecule has 0 radical (unpaired) electrons. The summed E-state index contributed by atoms with van der Waals surface area (Å²) in [4.78, 5) is 40.3. The van der Waals surface area contributed by atoms with Gasteiger partial charge in [-0.3, -0.25) is 9.59 Å². The van der Waals surface area contributed by atoms with E-state index < -0.39 is 18.0 Å². The van der Waals surface area contributed by atoms with Gasteiger partial charge in [-0.15, -0.1) is 11.3 Å². The maximum atomic E-state index is 12.3. The molecule has 0 bridgehead atoms. The van der Waals surface area contributed by atoms with Crippen LogP contribution in [0.1, 0.15) is 34.7 Å². The van der Waals surface area contributed by atoms with E-state index in [1.165, 1.54) is 25.2 Å². The standard InChI is InChI=1S/C21H18N2O4S/c1-13(24)16-9-6-10-17(11-16)22-19(25)14(2)27-21(26)18-12-28-20(23-18)15-7-4-3-5-8-15/h3-12,14H,1-2H3,(H,22,25)/t14-/m0/s1. The van der Waals surface area contributed by atoms with Gasteiger partial charge in [0.25, 0.3) is 5.91 Å². The molecule has 0 saturated heterocycles. The number of aromatic nitrogens is 1. The molecule has 6 nitrogen and oxygen atoms in total. The number of amides is 1. The van der Waals surface area contributed by atoms with E-state index in [-0.39, 0.29) is 11.5 Å². The zero-order valence-electron chi connectivity index (χ0n) is 15.3. The number of hydrogen-bond acceptors (Lipinski definition) is 6. The maximum absolute atomic E-state index is 12.3. The third kappa shape index (κ3) is 4.69. The first kappa shape index (κ1) is 19.4. The van der Waals surface area contributed by atoms with Crippen LogP contribution >= 0.6 is 11.3 Å². The Morgan fingerprint density at radius 1 is 1.07 bits per heavy atom. The van der Waals surface area contributed by atoms with Crippen molar-refractivity contribution < 1.29 is 19.1 Å². The third-order valence-electron chi connectivity index (χ3n) is 3.92. The topological polar surface area (TPSA) is 85.4 Å². The minimum absolute atomic E-state index is 0.103. The van der Waals surface area contributed by atoms with Gasteiger partial charge >= 0.3 is 5.97 Å². The highest BCUT2D eigenvalue weighted by atomic mass is 32.1. The van der Waals surface area contributed by atoms with Crippen LogP contribution in [-0.4, -0.2) is 28.7 Å². The highest BCUT2D eigenvalue weighted by molar-refractivity contribution is 7.13. The number of carbonyl (C=O) groups is 3. The summed E-state index contributed by atoms with van der Waals surface area (Å²) in [5.41, 5.74) is 2.00. The summed E-state index contributed by atoms with van der Waals surface area (Å²) in [6.07, 6.45) is -1.02. The number of thiazole rings is 1. The van der Waals surface area contributed by atoms with Crippen molar-refractivity contribution in [2.45, 2.75) is 20.0 Å². The van der Waals surface area contributed by atoms with Crippen LogP contribution in [0.25, 0.3) is 10.6 Å². The molecule has 1 atom stereocenters. The fraction of sp³-hybridized carbons (Fsp3) is 0.143. The normalized spacial score (nSPS) is 11.5. The lowest BCUT2D eigenvalue weighted by molar-refractivity contribution is -0.123. The van der Waals surface area contributed by atoms with E-state index in [0.29, 0.717) is 16.3 Å². The minimum atomic E-state index is -1.02. The molecule has 3 rings (SSSR count). The van der Waals surface area contributed by atoms with Crippen LogP contribution in [0.5, 0.6) is 0 Å². The Kier molecular flexibility index (Phi) is 5.96. The van der Waals surface area contributed by atoms with Crippen molar-refractivity contribution in [3.63, 3.8) is 0 Å².